The Morgan fingerprint density at radius 2 is 1.55 bits per heavy atom. The summed E-state index contributed by atoms with van der Waals surface area (Å²) in [6.45, 7) is 8.77. The predicted molar refractivity (Wildman–Crippen MR) is 87.5 cm³/mol. The van der Waals surface area contributed by atoms with E-state index in [4.69, 9.17) is 0 Å². The summed E-state index contributed by atoms with van der Waals surface area (Å²) in [5, 5.41) is 0. The summed E-state index contributed by atoms with van der Waals surface area (Å²) in [4.78, 5) is 36.0. The summed E-state index contributed by atoms with van der Waals surface area (Å²) in [5.41, 5.74) is -0.847. The molecule has 22 heavy (non-hydrogen) atoms. The smallest absolute Gasteiger partial charge is 0.355 e. The molecular formula is C16H28N2O4. The molecular weight excluding hydrogens is 284 g/mol. The lowest BCUT2D eigenvalue weighted by atomic mass is 10.3. The van der Waals surface area contributed by atoms with E-state index in [1.54, 1.807) is 0 Å². The molecule has 0 aromatic carbocycles. The molecule has 0 aliphatic heterocycles. The zero-order valence-corrected chi connectivity index (χ0v) is 14.3. The molecule has 0 aliphatic carbocycles. The number of carbonyl (C=O) groups is 1. The fourth-order valence-corrected chi connectivity index (χ4v) is 1.94. The Bertz CT molecular complexity index is 572. The van der Waals surface area contributed by atoms with Crippen molar-refractivity contribution in [1.29, 1.82) is 0 Å². The summed E-state index contributed by atoms with van der Waals surface area (Å²) in [6.07, 6.45) is 3.29. The van der Waals surface area contributed by atoms with Gasteiger partial charge in [0.1, 0.15) is 5.69 Å². The largest absolute Gasteiger partial charge is 0.464 e. The van der Waals surface area contributed by atoms with Crippen LogP contribution in [-0.2, 0) is 17.8 Å². The quantitative estimate of drug-likeness (QED) is 0.725. The molecule has 1 rings (SSSR count). The second-order valence-electron chi connectivity index (χ2n) is 4.65. The Morgan fingerprint density at radius 3 is 2.00 bits per heavy atom. The van der Waals surface area contributed by atoms with E-state index < -0.39 is 17.2 Å². The van der Waals surface area contributed by atoms with Gasteiger partial charge in [0.2, 0.25) is 0 Å². The van der Waals surface area contributed by atoms with Gasteiger partial charge in [-0.3, -0.25) is 13.9 Å². The van der Waals surface area contributed by atoms with Gasteiger partial charge in [0, 0.05) is 19.2 Å². The van der Waals surface area contributed by atoms with E-state index in [-0.39, 0.29) is 5.69 Å². The van der Waals surface area contributed by atoms with Crippen molar-refractivity contribution in [1.82, 2.24) is 9.13 Å². The molecule has 1 aromatic heterocycles. The van der Waals surface area contributed by atoms with Crippen LogP contribution in [0.3, 0.4) is 0 Å². The summed E-state index contributed by atoms with van der Waals surface area (Å²) in [6, 6.07) is 1.19. The minimum absolute atomic E-state index is 0.0312. The van der Waals surface area contributed by atoms with Gasteiger partial charge in [0.25, 0.3) is 5.56 Å². The van der Waals surface area contributed by atoms with E-state index in [1.165, 1.54) is 22.3 Å². The summed E-state index contributed by atoms with van der Waals surface area (Å²) < 4.78 is 7.17. The van der Waals surface area contributed by atoms with E-state index in [1.807, 2.05) is 27.7 Å². The van der Waals surface area contributed by atoms with E-state index >= 15 is 0 Å². The van der Waals surface area contributed by atoms with Crippen LogP contribution < -0.4 is 11.2 Å². The van der Waals surface area contributed by atoms with Crippen LogP contribution in [-0.4, -0.2) is 22.2 Å². The highest BCUT2D eigenvalue weighted by molar-refractivity contribution is 5.87. The molecule has 1 heterocycles. The fraction of sp³-hybridized carbons (Fsp3) is 0.688. The Labute approximate surface area is 131 Å². The average molecular weight is 312 g/mol. The highest BCUT2D eigenvalue weighted by Gasteiger charge is 2.17. The van der Waals surface area contributed by atoms with Crippen molar-refractivity contribution in [2.45, 2.75) is 66.5 Å². The molecule has 6 nitrogen and oxygen atoms in total. The van der Waals surface area contributed by atoms with Crippen molar-refractivity contribution >= 4 is 5.97 Å². The molecule has 0 saturated carbocycles. The van der Waals surface area contributed by atoms with Crippen LogP contribution in [0.25, 0.3) is 0 Å². The van der Waals surface area contributed by atoms with Crippen LogP contribution in [0.2, 0.25) is 0 Å². The van der Waals surface area contributed by atoms with Gasteiger partial charge in [0.05, 0.1) is 7.11 Å². The first kappa shape index (κ1) is 20.1. The maximum Gasteiger partial charge on any atom is 0.355 e. The molecule has 0 amide bonds. The van der Waals surface area contributed by atoms with Crippen molar-refractivity contribution < 1.29 is 9.53 Å². The Balaban J connectivity index is 0.00000211. The topological polar surface area (TPSA) is 70.3 Å². The number of nitrogens with zero attached hydrogens (tertiary/aromatic N) is 2. The Morgan fingerprint density at radius 1 is 1.05 bits per heavy atom. The molecule has 0 N–H and O–H groups in total. The van der Waals surface area contributed by atoms with Gasteiger partial charge in [-0.1, -0.05) is 40.5 Å². The third-order valence-electron chi connectivity index (χ3n) is 3.14. The van der Waals surface area contributed by atoms with Gasteiger partial charge in [0.15, 0.2) is 0 Å². The zero-order valence-electron chi connectivity index (χ0n) is 14.3. The number of carbonyl (C=O) groups excluding carboxylic acids is 1. The lowest BCUT2D eigenvalue weighted by molar-refractivity contribution is 0.0585. The van der Waals surface area contributed by atoms with Crippen molar-refractivity contribution in [3.8, 4) is 0 Å². The number of unbranched alkanes of at least 4 members (excludes halogenated alkanes) is 2. The number of ether oxygens (including phenoxy) is 1. The number of aromatic nitrogens is 2. The number of rotatable bonds is 7. The van der Waals surface area contributed by atoms with Gasteiger partial charge >= 0.3 is 11.7 Å². The molecule has 6 heteroatoms. The second-order valence-corrected chi connectivity index (χ2v) is 4.65. The van der Waals surface area contributed by atoms with Crippen LogP contribution in [0.1, 0.15) is 63.9 Å². The van der Waals surface area contributed by atoms with Crippen LogP contribution in [0.15, 0.2) is 15.7 Å². The predicted octanol–water partition coefficient (Wildman–Crippen LogP) is 2.42. The summed E-state index contributed by atoms with van der Waals surface area (Å²) >= 11 is 0. The molecule has 0 spiro atoms. The number of methoxy groups -OCH3 is 1. The second kappa shape index (κ2) is 10.8. The number of hydrogen-bond acceptors (Lipinski definition) is 4. The first-order chi connectivity index (χ1) is 10.6. The molecule has 0 bridgehead atoms. The lowest BCUT2D eigenvalue weighted by Crippen LogP contribution is -2.42. The monoisotopic (exact) mass is 312 g/mol. The fourth-order valence-electron chi connectivity index (χ4n) is 1.94. The normalized spacial score (nSPS) is 9.86. The molecule has 0 saturated heterocycles. The molecule has 0 aliphatic rings. The minimum atomic E-state index is -0.655. The van der Waals surface area contributed by atoms with Crippen molar-refractivity contribution in [2.24, 2.45) is 0 Å². The highest BCUT2D eigenvalue weighted by atomic mass is 16.5. The Kier molecular flexibility index (Phi) is 9.91. The van der Waals surface area contributed by atoms with Crippen LogP contribution in [0, 0.1) is 0 Å². The van der Waals surface area contributed by atoms with Crippen LogP contribution in [0.4, 0.5) is 0 Å². The average Bonchev–Trinajstić information content (AvgIpc) is 2.54. The van der Waals surface area contributed by atoms with Crippen molar-refractivity contribution in [3.63, 3.8) is 0 Å². The number of esters is 1. The maximum atomic E-state index is 12.4. The molecule has 0 unspecified atom stereocenters. The highest BCUT2D eigenvalue weighted by Crippen LogP contribution is 2.00. The first-order valence-electron chi connectivity index (χ1n) is 7.99. The zero-order chi connectivity index (χ0) is 17.1. The minimum Gasteiger partial charge on any atom is -0.464 e. The summed E-state index contributed by atoms with van der Waals surface area (Å²) in [5.74, 6) is -0.655. The first-order valence-corrected chi connectivity index (χ1v) is 7.99. The van der Waals surface area contributed by atoms with E-state index in [9.17, 15) is 14.4 Å². The molecule has 0 radical (unpaired) electrons. The number of hydrogen-bond donors (Lipinski definition) is 0. The van der Waals surface area contributed by atoms with Gasteiger partial charge < -0.3 is 4.74 Å². The molecule has 126 valence electrons. The van der Waals surface area contributed by atoms with Gasteiger partial charge in [-0.25, -0.2) is 9.59 Å². The molecule has 1 aromatic rings. The van der Waals surface area contributed by atoms with Gasteiger partial charge in [-0.15, -0.1) is 0 Å². The van der Waals surface area contributed by atoms with Crippen molar-refractivity contribution in [2.75, 3.05) is 7.11 Å². The maximum absolute atomic E-state index is 12.4. The van der Waals surface area contributed by atoms with Gasteiger partial charge in [-0.05, 0) is 12.8 Å². The van der Waals surface area contributed by atoms with E-state index in [0.717, 1.165) is 25.7 Å². The van der Waals surface area contributed by atoms with Crippen LogP contribution in [0.5, 0.6) is 0 Å². The third kappa shape index (κ3) is 5.16. The summed E-state index contributed by atoms with van der Waals surface area (Å²) in [7, 11) is 1.24. The van der Waals surface area contributed by atoms with Crippen molar-refractivity contribution in [3.05, 3.63) is 32.6 Å². The van der Waals surface area contributed by atoms with Crippen LogP contribution >= 0.6 is 0 Å². The molecule has 0 fully saturated rings. The van der Waals surface area contributed by atoms with Gasteiger partial charge in [-0.2, -0.15) is 0 Å². The molecule has 0 atom stereocenters. The third-order valence-corrected chi connectivity index (χ3v) is 3.14. The van der Waals surface area contributed by atoms with E-state index in [0.29, 0.717) is 13.1 Å². The SMILES string of the molecule is CC.CCCCn1c(C(=O)OC)cc(=O)n(CCCC)c1=O. The lowest BCUT2D eigenvalue weighted by Gasteiger charge is -2.13. The Hall–Kier alpha value is -1.85. The van der Waals surface area contributed by atoms with E-state index in [2.05, 4.69) is 4.74 Å². The standard InChI is InChI=1S/C14H22N2O4.C2H6/c1-4-6-8-15-11(13(18)20-3)10-12(17)16(14(15)19)9-7-5-2;1-2/h10H,4-9H2,1-3H3;1-2H3.